The van der Waals surface area contributed by atoms with Crippen LogP contribution in [0, 0.1) is 0 Å². The number of nitrogens with one attached hydrogen (secondary N) is 1. The molecular formula is C18H20N4. The molecule has 2 aromatic heterocycles. The quantitative estimate of drug-likeness (QED) is 0.789. The Hall–Kier alpha value is -2.20. The van der Waals surface area contributed by atoms with Crippen LogP contribution < -0.4 is 5.32 Å². The van der Waals surface area contributed by atoms with E-state index in [1.165, 1.54) is 11.2 Å². The lowest BCUT2D eigenvalue weighted by atomic mass is 9.93. The van der Waals surface area contributed by atoms with Crippen LogP contribution >= 0.6 is 0 Å². The molecule has 1 saturated heterocycles. The molecule has 112 valence electrons. The fourth-order valence-corrected chi connectivity index (χ4v) is 3.27. The van der Waals surface area contributed by atoms with Crippen molar-refractivity contribution in [3.8, 4) is 11.3 Å². The third-order valence-electron chi connectivity index (χ3n) is 4.54. The number of fused-ring (bicyclic) bond motifs is 1. The van der Waals surface area contributed by atoms with Crippen molar-refractivity contribution < 1.29 is 0 Å². The van der Waals surface area contributed by atoms with Gasteiger partial charge in [0.1, 0.15) is 5.52 Å². The van der Waals surface area contributed by atoms with Crippen molar-refractivity contribution in [2.24, 2.45) is 7.05 Å². The summed E-state index contributed by atoms with van der Waals surface area (Å²) in [7, 11) is 2.05. The number of pyridine rings is 1. The SMILES string of the molecule is Cn1cnc2c(-c3ccccc3)nc(C3CCNCC3)cc21. The van der Waals surface area contributed by atoms with Crippen LogP contribution in [-0.2, 0) is 7.05 Å². The second kappa shape index (κ2) is 5.54. The van der Waals surface area contributed by atoms with Crippen LogP contribution in [0.3, 0.4) is 0 Å². The molecule has 0 saturated carbocycles. The predicted octanol–water partition coefficient (Wildman–Crippen LogP) is 3.10. The summed E-state index contributed by atoms with van der Waals surface area (Å²) >= 11 is 0. The lowest BCUT2D eigenvalue weighted by Crippen LogP contribution is -2.27. The van der Waals surface area contributed by atoms with Crippen molar-refractivity contribution in [2.75, 3.05) is 13.1 Å². The topological polar surface area (TPSA) is 42.7 Å². The molecule has 0 amide bonds. The smallest absolute Gasteiger partial charge is 0.115 e. The zero-order chi connectivity index (χ0) is 14.9. The zero-order valence-electron chi connectivity index (χ0n) is 12.8. The maximum absolute atomic E-state index is 5.00. The van der Waals surface area contributed by atoms with Crippen molar-refractivity contribution in [2.45, 2.75) is 18.8 Å². The Labute approximate surface area is 130 Å². The van der Waals surface area contributed by atoms with Gasteiger partial charge in [-0.15, -0.1) is 0 Å². The molecule has 1 aliphatic heterocycles. The first kappa shape index (κ1) is 13.5. The summed E-state index contributed by atoms with van der Waals surface area (Å²) in [6.07, 6.45) is 4.19. The van der Waals surface area contributed by atoms with Gasteiger partial charge in [0, 0.05) is 24.2 Å². The fourth-order valence-electron chi connectivity index (χ4n) is 3.27. The van der Waals surface area contributed by atoms with E-state index in [-0.39, 0.29) is 0 Å². The highest BCUT2D eigenvalue weighted by molar-refractivity contribution is 5.90. The van der Waals surface area contributed by atoms with E-state index >= 15 is 0 Å². The number of benzene rings is 1. The third-order valence-corrected chi connectivity index (χ3v) is 4.54. The second-order valence-electron chi connectivity index (χ2n) is 6.01. The standard InChI is InChI=1S/C18H20N4/c1-22-12-20-18-16(22)11-15(13-7-9-19-10-8-13)21-17(18)14-5-3-2-4-6-14/h2-6,11-13,19H,7-10H2,1H3. The van der Waals surface area contributed by atoms with Crippen LogP contribution in [0.4, 0.5) is 0 Å². The molecule has 0 unspecified atom stereocenters. The Bertz CT molecular complexity index is 785. The molecule has 1 aromatic carbocycles. The second-order valence-corrected chi connectivity index (χ2v) is 6.01. The molecule has 0 radical (unpaired) electrons. The van der Waals surface area contributed by atoms with Crippen LogP contribution in [-0.4, -0.2) is 27.6 Å². The van der Waals surface area contributed by atoms with E-state index in [1.54, 1.807) is 0 Å². The first-order valence-electron chi connectivity index (χ1n) is 7.91. The molecule has 3 heterocycles. The Morgan fingerprint density at radius 3 is 2.68 bits per heavy atom. The Morgan fingerprint density at radius 1 is 1.14 bits per heavy atom. The molecule has 4 heteroatoms. The van der Waals surface area contributed by atoms with E-state index in [2.05, 4.69) is 52.2 Å². The van der Waals surface area contributed by atoms with Crippen LogP contribution in [0.2, 0.25) is 0 Å². The van der Waals surface area contributed by atoms with Crippen LogP contribution in [0.5, 0.6) is 0 Å². The molecule has 1 N–H and O–H groups in total. The molecule has 3 aromatic rings. The van der Waals surface area contributed by atoms with Gasteiger partial charge < -0.3 is 9.88 Å². The van der Waals surface area contributed by atoms with Gasteiger partial charge in [0.15, 0.2) is 0 Å². The average Bonchev–Trinajstić information content (AvgIpc) is 2.97. The molecule has 22 heavy (non-hydrogen) atoms. The molecule has 1 fully saturated rings. The number of aryl methyl sites for hydroxylation is 1. The number of piperidine rings is 1. The van der Waals surface area contributed by atoms with E-state index in [0.717, 1.165) is 42.7 Å². The number of hydrogen-bond acceptors (Lipinski definition) is 3. The first-order chi connectivity index (χ1) is 10.8. The fraction of sp³-hybridized carbons (Fsp3) is 0.333. The van der Waals surface area contributed by atoms with Crippen LogP contribution in [0.25, 0.3) is 22.3 Å². The first-order valence-corrected chi connectivity index (χ1v) is 7.91. The minimum Gasteiger partial charge on any atom is -0.334 e. The Morgan fingerprint density at radius 2 is 1.91 bits per heavy atom. The summed E-state index contributed by atoms with van der Waals surface area (Å²) in [4.78, 5) is 9.57. The highest BCUT2D eigenvalue weighted by atomic mass is 15.0. The molecule has 4 rings (SSSR count). The number of aromatic nitrogens is 3. The summed E-state index contributed by atoms with van der Waals surface area (Å²) in [5.41, 5.74) is 5.51. The van der Waals surface area contributed by atoms with Gasteiger partial charge in [-0.25, -0.2) is 4.98 Å². The van der Waals surface area contributed by atoms with Gasteiger partial charge in [-0.2, -0.15) is 0 Å². The van der Waals surface area contributed by atoms with Crippen molar-refractivity contribution in [3.05, 3.63) is 48.4 Å². The molecule has 0 spiro atoms. The average molecular weight is 292 g/mol. The van der Waals surface area contributed by atoms with E-state index < -0.39 is 0 Å². The maximum atomic E-state index is 5.00. The zero-order valence-corrected chi connectivity index (χ0v) is 12.8. The van der Waals surface area contributed by atoms with Gasteiger partial charge in [-0.1, -0.05) is 30.3 Å². The molecule has 0 atom stereocenters. The number of nitrogens with zero attached hydrogens (tertiary/aromatic N) is 3. The molecule has 1 aliphatic rings. The van der Waals surface area contributed by atoms with Gasteiger partial charge in [0.25, 0.3) is 0 Å². The van der Waals surface area contributed by atoms with Gasteiger partial charge in [0.2, 0.25) is 0 Å². The highest BCUT2D eigenvalue weighted by Crippen LogP contribution is 2.31. The number of imidazole rings is 1. The Kier molecular flexibility index (Phi) is 3.39. The van der Waals surface area contributed by atoms with E-state index in [9.17, 15) is 0 Å². The largest absolute Gasteiger partial charge is 0.334 e. The molecular weight excluding hydrogens is 272 g/mol. The summed E-state index contributed by atoms with van der Waals surface area (Å²) in [5.74, 6) is 0.544. The Balaban J connectivity index is 1.90. The minimum absolute atomic E-state index is 0.544. The summed E-state index contributed by atoms with van der Waals surface area (Å²) in [5, 5.41) is 3.43. The lowest BCUT2D eigenvalue weighted by Gasteiger charge is -2.22. The summed E-state index contributed by atoms with van der Waals surface area (Å²) < 4.78 is 2.09. The monoisotopic (exact) mass is 292 g/mol. The van der Waals surface area contributed by atoms with Crippen molar-refractivity contribution in [1.82, 2.24) is 19.9 Å². The normalized spacial score (nSPS) is 16.2. The maximum Gasteiger partial charge on any atom is 0.115 e. The van der Waals surface area contributed by atoms with Gasteiger partial charge in [-0.3, -0.25) is 4.98 Å². The van der Waals surface area contributed by atoms with Crippen molar-refractivity contribution >= 4 is 11.0 Å². The van der Waals surface area contributed by atoms with E-state index in [4.69, 9.17) is 4.98 Å². The van der Waals surface area contributed by atoms with Crippen molar-refractivity contribution in [1.29, 1.82) is 0 Å². The van der Waals surface area contributed by atoms with E-state index in [0.29, 0.717) is 5.92 Å². The molecule has 4 nitrogen and oxygen atoms in total. The van der Waals surface area contributed by atoms with Gasteiger partial charge in [-0.05, 0) is 32.0 Å². The van der Waals surface area contributed by atoms with Crippen molar-refractivity contribution in [3.63, 3.8) is 0 Å². The van der Waals surface area contributed by atoms with Crippen LogP contribution in [0.1, 0.15) is 24.5 Å². The highest BCUT2D eigenvalue weighted by Gasteiger charge is 2.20. The number of rotatable bonds is 2. The molecule has 0 bridgehead atoms. The summed E-state index contributed by atoms with van der Waals surface area (Å²) in [6.45, 7) is 2.16. The van der Waals surface area contributed by atoms with Gasteiger partial charge >= 0.3 is 0 Å². The molecule has 0 aliphatic carbocycles. The predicted molar refractivity (Wildman–Crippen MR) is 88.8 cm³/mol. The van der Waals surface area contributed by atoms with Gasteiger partial charge in [0.05, 0.1) is 17.5 Å². The lowest BCUT2D eigenvalue weighted by molar-refractivity contribution is 0.454. The number of hydrogen-bond donors (Lipinski definition) is 1. The third kappa shape index (κ3) is 2.29. The minimum atomic E-state index is 0.544. The summed E-state index contributed by atoms with van der Waals surface area (Å²) in [6, 6.07) is 12.6. The van der Waals surface area contributed by atoms with E-state index in [1.807, 2.05) is 12.4 Å². The van der Waals surface area contributed by atoms with Crippen LogP contribution in [0.15, 0.2) is 42.7 Å².